The molecule has 0 aliphatic carbocycles. The first kappa shape index (κ1) is 14.3. The highest BCUT2D eigenvalue weighted by Gasteiger charge is 2.19. The van der Waals surface area contributed by atoms with Crippen LogP contribution in [0.15, 0.2) is 29.2 Å². The van der Waals surface area contributed by atoms with E-state index in [1.807, 2.05) is 0 Å². The van der Waals surface area contributed by atoms with Crippen LogP contribution in [0.4, 0.5) is 0 Å². The number of ketones is 1. The molecule has 1 N–H and O–H groups in total. The normalized spacial score (nSPS) is 11.5. The van der Waals surface area contributed by atoms with E-state index in [0.29, 0.717) is 6.54 Å². The second-order valence-corrected chi connectivity index (χ2v) is 5.80. The maximum absolute atomic E-state index is 10.9. The summed E-state index contributed by atoms with van der Waals surface area (Å²) in [7, 11) is 0. The minimum atomic E-state index is 0.0480. The summed E-state index contributed by atoms with van der Waals surface area (Å²) in [6.45, 7) is 7.24. The fraction of sp³-hybridized carbons (Fsp3) is 0.500. The molecule has 0 amide bonds. The van der Waals surface area contributed by atoms with Gasteiger partial charge >= 0.3 is 0 Å². The van der Waals surface area contributed by atoms with Crippen LogP contribution in [-0.2, 0) is 10.2 Å². The van der Waals surface area contributed by atoms with Gasteiger partial charge in [-0.15, -0.1) is 11.8 Å². The van der Waals surface area contributed by atoms with Crippen LogP contribution in [0.5, 0.6) is 0 Å². The zero-order valence-electron chi connectivity index (χ0n) is 11.0. The second kappa shape index (κ2) is 6.22. The SMILES string of the molecule is CSc1ccc(C(C)(C)CNCC(C)=O)cc1. The highest BCUT2D eigenvalue weighted by atomic mass is 32.2. The first-order valence-corrected chi connectivity index (χ1v) is 7.03. The van der Waals surface area contributed by atoms with E-state index < -0.39 is 0 Å². The Kier molecular flexibility index (Phi) is 5.22. The number of rotatable bonds is 6. The van der Waals surface area contributed by atoms with Gasteiger partial charge in [0.15, 0.2) is 0 Å². The molecule has 17 heavy (non-hydrogen) atoms. The smallest absolute Gasteiger partial charge is 0.143 e. The van der Waals surface area contributed by atoms with E-state index in [4.69, 9.17) is 0 Å². The number of nitrogens with one attached hydrogen (secondary N) is 1. The van der Waals surface area contributed by atoms with Crippen molar-refractivity contribution in [1.82, 2.24) is 5.32 Å². The summed E-state index contributed by atoms with van der Waals surface area (Å²) < 4.78 is 0. The van der Waals surface area contributed by atoms with Crippen LogP contribution >= 0.6 is 11.8 Å². The molecule has 1 aromatic rings. The molecular formula is C14H21NOS. The monoisotopic (exact) mass is 251 g/mol. The molecule has 94 valence electrons. The third-order valence-electron chi connectivity index (χ3n) is 2.81. The molecule has 0 aliphatic rings. The molecule has 0 fully saturated rings. The minimum Gasteiger partial charge on any atom is -0.309 e. The molecule has 0 radical (unpaired) electrons. The Morgan fingerprint density at radius 2 is 1.88 bits per heavy atom. The van der Waals surface area contributed by atoms with Crippen LogP contribution in [0.2, 0.25) is 0 Å². The van der Waals surface area contributed by atoms with E-state index in [2.05, 4.69) is 49.7 Å². The van der Waals surface area contributed by atoms with Gasteiger partial charge in [0.1, 0.15) is 5.78 Å². The number of benzene rings is 1. The van der Waals surface area contributed by atoms with Crippen LogP contribution in [0, 0.1) is 0 Å². The van der Waals surface area contributed by atoms with E-state index in [0.717, 1.165) is 6.54 Å². The minimum absolute atomic E-state index is 0.0480. The highest BCUT2D eigenvalue weighted by molar-refractivity contribution is 7.98. The van der Waals surface area contributed by atoms with E-state index in [9.17, 15) is 4.79 Å². The van der Waals surface area contributed by atoms with E-state index in [1.54, 1.807) is 18.7 Å². The fourth-order valence-corrected chi connectivity index (χ4v) is 2.10. The van der Waals surface area contributed by atoms with Crippen LogP contribution in [0.1, 0.15) is 26.3 Å². The summed E-state index contributed by atoms with van der Waals surface area (Å²) in [5.41, 5.74) is 1.35. The summed E-state index contributed by atoms with van der Waals surface area (Å²) in [6, 6.07) is 8.63. The van der Waals surface area contributed by atoms with Gasteiger partial charge in [-0.1, -0.05) is 26.0 Å². The number of carbonyl (C=O) groups excluding carboxylic acids is 1. The first-order valence-electron chi connectivity index (χ1n) is 5.80. The van der Waals surface area contributed by atoms with Crippen molar-refractivity contribution >= 4 is 17.5 Å². The van der Waals surface area contributed by atoms with E-state index >= 15 is 0 Å². The van der Waals surface area contributed by atoms with Crippen molar-refractivity contribution in [2.75, 3.05) is 19.3 Å². The van der Waals surface area contributed by atoms with Gasteiger partial charge in [0.2, 0.25) is 0 Å². The molecule has 0 saturated carbocycles. The van der Waals surface area contributed by atoms with Gasteiger partial charge in [0.05, 0.1) is 6.54 Å². The van der Waals surface area contributed by atoms with Crippen molar-refractivity contribution in [3.05, 3.63) is 29.8 Å². The summed E-state index contributed by atoms with van der Waals surface area (Å²) >= 11 is 1.75. The molecule has 3 heteroatoms. The molecule has 0 aliphatic heterocycles. The summed E-state index contributed by atoms with van der Waals surface area (Å²) in [5.74, 6) is 0.179. The lowest BCUT2D eigenvalue weighted by molar-refractivity contribution is -0.116. The maximum atomic E-state index is 10.9. The highest BCUT2D eigenvalue weighted by Crippen LogP contribution is 2.24. The summed E-state index contributed by atoms with van der Waals surface area (Å²) in [5, 5.41) is 3.20. The third kappa shape index (κ3) is 4.52. The van der Waals surface area contributed by atoms with Gasteiger partial charge in [-0.25, -0.2) is 0 Å². The second-order valence-electron chi connectivity index (χ2n) is 4.92. The van der Waals surface area contributed by atoms with Gasteiger partial charge in [-0.3, -0.25) is 4.79 Å². The Balaban J connectivity index is 2.64. The Labute approximate surface area is 108 Å². The van der Waals surface area contributed by atoms with E-state index in [-0.39, 0.29) is 11.2 Å². The third-order valence-corrected chi connectivity index (χ3v) is 3.56. The Hall–Kier alpha value is -0.800. The van der Waals surface area contributed by atoms with Gasteiger partial charge in [-0.05, 0) is 30.9 Å². The molecule has 1 aromatic carbocycles. The summed E-state index contributed by atoms with van der Waals surface area (Å²) in [6.07, 6.45) is 2.08. The molecule has 0 aromatic heterocycles. The van der Waals surface area contributed by atoms with Gasteiger partial charge in [0.25, 0.3) is 0 Å². The number of hydrogen-bond acceptors (Lipinski definition) is 3. The number of hydrogen-bond donors (Lipinski definition) is 1. The zero-order chi connectivity index (χ0) is 12.9. The van der Waals surface area contributed by atoms with Crippen molar-refractivity contribution in [1.29, 1.82) is 0 Å². The average Bonchev–Trinajstić information content (AvgIpc) is 2.28. The molecule has 0 heterocycles. The lowest BCUT2D eigenvalue weighted by Crippen LogP contribution is -2.35. The Bertz CT molecular complexity index is 370. The van der Waals surface area contributed by atoms with Crippen LogP contribution < -0.4 is 5.32 Å². The largest absolute Gasteiger partial charge is 0.309 e. The molecular weight excluding hydrogens is 230 g/mol. The number of thioether (sulfide) groups is 1. The van der Waals surface area contributed by atoms with Crippen molar-refractivity contribution in [2.45, 2.75) is 31.1 Å². The lowest BCUT2D eigenvalue weighted by Gasteiger charge is -2.25. The predicted molar refractivity (Wildman–Crippen MR) is 74.8 cm³/mol. The van der Waals surface area contributed by atoms with Crippen molar-refractivity contribution in [3.63, 3.8) is 0 Å². The molecule has 0 unspecified atom stereocenters. The Morgan fingerprint density at radius 3 is 2.35 bits per heavy atom. The molecule has 1 rings (SSSR count). The van der Waals surface area contributed by atoms with Crippen molar-refractivity contribution < 1.29 is 4.79 Å². The molecule has 0 saturated heterocycles. The zero-order valence-corrected chi connectivity index (χ0v) is 11.9. The standard InChI is InChI=1S/C14H21NOS/c1-11(16)9-15-10-14(2,3)12-5-7-13(17-4)8-6-12/h5-8,15H,9-10H2,1-4H3. The molecule has 0 spiro atoms. The number of Topliss-reactive ketones (excluding diaryl/α,β-unsaturated/α-hetero) is 1. The number of carbonyl (C=O) groups is 1. The quantitative estimate of drug-likeness (QED) is 0.788. The van der Waals surface area contributed by atoms with Gasteiger partial charge in [-0.2, -0.15) is 0 Å². The van der Waals surface area contributed by atoms with Gasteiger partial charge in [0, 0.05) is 16.9 Å². The lowest BCUT2D eigenvalue weighted by atomic mass is 9.84. The Morgan fingerprint density at radius 1 is 1.29 bits per heavy atom. The molecule has 2 nitrogen and oxygen atoms in total. The van der Waals surface area contributed by atoms with Crippen molar-refractivity contribution in [3.8, 4) is 0 Å². The van der Waals surface area contributed by atoms with Crippen molar-refractivity contribution in [2.24, 2.45) is 0 Å². The van der Waals surface area contributed by atoms with Crippen LogP contribution in [0.3, 0.4) is 0 Å². The molecule has 0 atom stereocenters. The first-order chi connectivity index (χ1) is 7.95. The maximum Gasteiger partial charge on any atom is 0.143 e. The summed E-state index contributed by atoms with van der Waals surface area (Å²) in [4.78, 5) is 12.2. The van der Waals surface area contributed by atoms with E-state index in [1.165, 1.54) is 10.5 Å². The topological polar surface area (TPSA) is 29.1 Å². The van der Waals surface area contributed by atoms with Crippen LogP contribution in [-0.4, -0.2) is 25.1 Å². The molecule has 0 bridgehead atoms. The fourth-order valence-electron chi connectivity index (χ4n) is 1.70. The van der Waals surface area contributed by atoms with Gasteiger partial charge < -0.3 is 5.32 Å². The average molecular weight is 251 g/mol. The predicted octanol–water partition coefficient (Wildman–Crippen LogP) is 2.86. The van der Waals surface area contributed by atoms with Crippen LogP contribution in [0.25, 0.3) is 0 Å².